The zero-order chi connectivity index (χ0) is 52.5. The van der Waals surface area contributed by atoms with E-state index in [-0.39, 0.29) is 53.8 Å². The normalized spacial score (nSPS) is 12.3. The Morgan fingerprint density at radius 2 is 0.831 bits per heavy atom. The summed E-state index contributed by atoms with van der Waals surface area (Å²) in [5, 5.41) is 38.7. The molecular formula is C43H50N10O16S2. The molecule has 0 aliphatic rings. The van der Waals surface area contributed by atoms with Crippen LogP contribution in [0.15, 0.2) is 107 Å². The first kappa shape index (κ1) is 55.6. The van der Waals surface area contributed by atoms with Crippen molar-refractivity contribution in [2.45, 2.75) is 57.3 Å². The van der Waals surface area contributed by atoms with E-state index in [4.69, 9.17) is 32.4 Å². The number of aliphatic imine (C=N–C) groups is 2. The highest BCUT2D eigenvalue weighted by Crippen LogP contribution is 2.21. The third-order valence-electron chi connectivity index (χ3n) is 9.78. The van der Waals surface area contributed by atoms with Crippen LogP contribution in [0.4, 0.5) is 11.4 Å². The van der Waals surface area contributed by atoms with Crippen LogP contribution in [0.2, 0.25) is 0 Å². The topological polar surface area (TPSA) is 429 Å². The summed E-state index contributed by atoms with van der Waals surface area (Å²) >= 11 is 0. The van der Waals surface area contributed by atoms with Gasteiger partial charge in [0.15, 0.2) is 11.9 Å². The van der Waals surface area contributed by atoms with Crippen molar-refractivity contribution in [2.75, 3.05) is 13.1 Å². The number of guanidine groups is 2. The number of nitrogens with one attached hydrogen (secondary N) is 2. The molecule has 0 spiro atoms. The summed E-state index contributed by atoms with van der Waals surface area (Å²) in [6, 6.07) is 18.5. The Morgan fingerprint density at radius 1 is 0.507 bits per heavy atom. The highest BCUT2D eigenvalue weighted by Gasteiger charge is 2.38. The Labute approximate surface area is 405 Å². The number of hydrogen-bond acceptors (Lipinski definition) is 14. The average molecular weight is 1030 g/mol. The summed E-state index contributed by atoms with van der Waals surface area (Å²) in [4.78, 5) is 80.8. The second-order valence-electron chi connectivity index (χ2n) is 15.1. The molecule has 0 radical (unpaired) electrons. The van der Waals surface area contributed by atoms with Crippen LogP contribution in [0.5, 0.6) is 11.5 Å². The Hall–Kier alpha value is -8.02. The summed E-state index contributed by atoms with van der Waals surface area (Å²) in [6.45, 7) is -2.09. The van der Waals surface area contributed by atoms with Crippen LogP contribution < -0.4 is 41.9 Å². The first-order valence-corrected chi connectivity index (χ1v) is 23.8. The molecule has 14 N–H and O–H groups in total. The zero-order valence-corrected chi connectivity index (χ0v) is 39.0. The summed E-state index contributed by atoms with van der Waals surface area (Å²) in [6.07, 6.45) is -2.81. The molecular weight excluding hydrogens is 977 g/mol. The Bertz CT molecular complexity index is 2630. The lowest BCUT2D eigenvalue weighted by atomic mass is 10.1. The van der Waals surface area contributed by atoms with Crippen molar-refractivity contribution in [2.24, 2.45) is 32.9 Å². The number of rotatable bonds is 28. The van der Waals surface area contributed by atoms with E-state index in [1.54, 1.807) is 0 Å². The number of carboxylic acid groups (broad SMARTS) is 4. The van der Waals surface area contributed by atoms with Crippen molar-refractivity contribution < 1.29 is 75.5 Å². The molecule has 28 heteroatoms. The van der Waals surface area contributed by atoms with Crippen molar-refractivity contribution in [1.29, 1.82) is 0 Å². The highest BCUT2D eigenvalue weighted by atomic mass is 32.2. The quantitative estimate of drug-likeness (QED) is 0.0124. The molecule has 4 aromatic carbocycles. The molecule has 0 bridgehead atoms. The molecule has 0 saturated carbocycles. The Kier molecular flexibility index (Phi) is 20.0. The van der Waals surface area contributed by atoms with Gasteiger partial charge in [-0.25, -0.2) is 19.6 Å². The van der Waals surface area contributed by atoms with Crippen LogP contribution in [-0.4, -0.2) is 119 Å². The number of hydrogen-bond donors (Lipinski definition) is 10. The van der Waals surface area contributed by atoms with E-state index in [9.17, 15) is 66.0 Å². The molecule has 0 aromatic heterocycles. The third-order valence-corrected chi connectivity index (χ3v) is 12.9. The van der Waals surface area contributed by atoms with Crippen molar-refractivity contribution in [3.63, 3.8) is 0 Å². The van der Waals surface area contributed by atoms with Gasteiger partial charge in [-0.05, 0) is 96.8 Å². The molecule has 4 aromatic rings. The van der Waals surface area contributed by atoms with Crippen LogP contribution >= 0.6 is 0 Å². The number of nitrogens with zero attached hydrogens (tertiary/aromatic N) is 4. The first-order valence-electron chi connectivity index (χ1n) is 20.9. The van der Waals surface area contributed by atoms with Crippen molar-refractivity contribution >= 4 is 79.5 Å². The van der Waals surface area contributed by atoms with Gasteiger partial charge in [0.05, 0.1) is 35.3 Å². The van der Waals surface area contributed by atoms with E-state index < -0.39 is 107 Å². The van der Waals surface area contributed by atoms with E-state index in [1.807, 2.05) is 0 Å². The fraction of sp³-hybridized carbons (Fsp3) is 0.256. The van der Waals surface area contributed by atoms with Gasteiger partial charge < -0.3 is 52.8 Å². The molecule has 0 amide bonds. The average Bonchev–Trinajstić information content (AvgIpc) is 3.29. The number of nitrogens with two attached hydrogens (primary N) is 4. The number of carbonyl (C=O) groups is 6. The lowest BCUT2D eigenvalue weighted by Crippen LogP contribution is -2.51. The van der Waals surface area contributed by atoms with E-state index >= 15 is 0 Å². The number of carbonyl (C=O) groups excluding carboxylic acids is 2. The van der Waals surface area contributed by atoms with E-state index in [0.717, 1.165) is 0 Å². The molecule has 380 valence electrons. The van der Waals surface area contributed by atoms with Gasteiger partial charge in [0.25, 0.3) is 20.4 Å². The Morgan fingerprint density at radius 3 is 1.11 bits per heavy atom. The number of aliphatic carboxylic acids is 4. The van der Waals surface area contributed by atoms with Crippen molar-refractivity contribution in [3.8, 4) is 11.5 Å². The monoisotopic (exact) mass is 1030 g/mol. The maximum absolute atomic E-state index is 13.6. The van der Waals surface area contributed by atoms with Gasteiger partial charge in [-0.15, -0.1) is 0 Å². The van der Waals surface area contributed by atoms with Gasteiger partial charge >= 0.3 is 35.8 Å². The smallest absolute Gasteiger partial charge is 0.343 e. The molecule has 0 saturated heterocycles. The second kappa shape index (κ2) is 25.5. The maximum atomic E-state index is 13.6. The van der Waals surface area contributed by atoms with Crippen molar-refractivity contribution in [1.82, 2.24) is 18.1 Å². The third kappa shape index (κ3) is 17.8. The van der Waals surface area contributed by atoms with Gasteiger partial charge in [0, 0.05) is 26.2 Å². The largest absolute Gasteiger partial charge is 0.481 e. The number of benzene rings is 4. The van der Waals surface area contributed by atoms with Crippen LogP contribution in [0.25, 0.3) is 0 Å². The van der Waals surface area contributed by atoms with E-state index in [2.05, 4.69) is 19.4 Å². The molecule has 0 aliphatic heterocycles. The van der Waals surface area contributed by atoms with Gasteiger partial charge in [-0.2, -0.15) is 34.9 Å². The molecule has 0 fully saturated rings. The van der Waals surface area contributed by atoms with Crippen LogP contribution in [0.1, 0.15) is 63.9 Å². The van der Waals surface area contributed by atoms with E-state index in [0.29, 0.717) is 31.1 Å². The predicted octanol–water partition coefficient (Wildman–Crippen LogP) is 0.934. The molecule has 26 nitrogen and oxygen atoms in total. The van der Waals surface area contributed by atoms with Gasteiger partial charge in [0.1, 0.15) is 23.6 Å². The number of carboxylic acids is 4. The highest BCUT2D eigenvalue weighted by molar-refractivity contribution is 7.87. The number of unbranched alkanes of at least 4 members (excludes halogenated alkanes) is 2. The molecule has 0 aliphatic carbocycles. The fourth-order valence-electron chi connectivity index (χ4n) is 6.39. The predicted molar refractivity (Wildman–Crippen MR) is 253 cm³/mol. The minimum atomic E-state index is -4.78. The van der Waals surface area contributed by atoms with Gasteiger partial charge in [-0.1, -0.05) is 30.7 Å². The minimum absolute atomic E-state index is 0.0852. The fourth-order valence-corrected chi connectivity index (χ4v) is 9.16. The molecule has 2 atom stereocenters. The number of esters is 2. The summed E-state index contributed by atoms with van der Waals surface area (Å²) in [5.74, 6) is -8.51. The summed E-state index contributed by atoms with van der Waals surface area (Å²) in [5.41, 5.74) is 23.2. The van der Waals surface area contributed by atoms with Crippen LogP contribution in [0.3, 0.4) is 0 Å². The summed E-state index contributed by atoms with van der Waals surface area (Å²) < 4.78 is 70.5. The van der Waals surface area contributed by atoms with Gasteiger partial charge in [-0.3, -0.25) is 19.2 Å². The molecule has 4 rings (SSSR count). The SMILES string of the molecule is NC(N)=Nc1ccc(C(=O)Oc2ccc(CNS(=O)(=O)N(CCCCCN(C(CC(=O)O)C(=O)O)S(=O)(=O)NCc3ccc(OC(=O)c4ccc(N=C(N)N)cc4)cc3)C(CC(=O)O)C(=O)O)cc2)cc1. The summed E-state index contributed by atoms with van der Waals surface area (Å²) in [7, 11) is -9.56. The minimum Gasteiger partial charge on any atom is -0.481 e. The zero-order valence-electron chi connectivity index (χ0n) is 37.4. The standard InChI is InChI=1S/C43H50N10O16S2/c44-42(45)50-30-12-8-28(9-13-30)40(62)68-32-16-4-26(5-17-32)24-48-70(64,65)52(34(38(58)59)22-36(54)55)20-2-1-3-21-53(35(39(60)61)23-37(56)57)71(66,67)49-25-27-6-18-33(19-7-27)69-41(63)29-10-14-31(15-11-29)51-43(46)47/h4-19,34-35,48-49H,1-3,20-25H2,(H,54,55)(H,56,57)(H,58,59)(H,60,61)(H4,44,45,50)(H4,46,47,51). The first-order chi connectivity index (χ1) is 33.4. The van der Waals surface area contributed by atoms with Crippen LogP contribution in [-0.2, 0) is 52.7 Å². The van der Waals surface area contributed by atoms with Gasteiger partial charge in [0.2, 0.25) is 0 Å². The lowest BCUT2D eigenvalue weighted by Gasteiger charge is -2.28. The number of ether oxygens (including phenoxy) is 2. The van der Waals surface area contributed by atoms with Crippen molar-refractivity contribution in [3.05, 3.63) is 119 Å². The maximum Gasteiger partial charge on any atom is 0.343 e. The Balaban J connectivity index is 1.40. The second-order valence-corrected chi connectivity index (χ2v) is 18.5. The lowest BCUT2D eigenvalue weighted by molar-refractivity contribution is -0.148. The van der Waals surface area contributed by atoms with Crippen LogP contribution in [0, 0.1) is 0 Å². The molecule has 71 heavy (non-hydrogen) atoms. The van der Waals surface area contributed by atoms with E-state index in [1.165, 1.54) is 97.1 Å². The molecule has 2 unspecified atom stereocenters. The molecule has 0 heterocycles.